The van der Waals surface area contributed by atoms with Gasteiger partial charge in [0.25, 0.3) is 0 Å². The SMILES string of the molecule is Oc1ccc2c(c1)CN(c1ncnc3c1ncn3[C@H]1[C@@H](O)[C@H]3CCC[C@H]31)C2. The van der Waals surface area contributed by atoms with Crippen LogP contribution in [-0.2, 0) is 13.1 Å². The summed E-state index contributed by atoms with van der Waals surface area (Å²) in [5.41, 5.74) is 3.89. The number of phenols is 1. The van der Waals surface area contributed by atoms with E-state index in [4.69, 9.17) is 0 Å². The standard InChI is InChI=1S/C20H21N5O2/c26-13-5-4-11-7-24(8-12(11)6-13)19-16-20(22-9-21-19)25(10-23-16)17-14-2-1-3-15(14)18(17)27/h4-6,9-10,14-15,17-18,26-27H,1-3,7-8H2/t14-,15+,17-,18+/m1/s1. The van der Waals surface area contributed by atoms with Crippen LogP contribution in [0.5, 0.6) is 5.75 Å². The second-order valence-electron chi connectivity index (χ2n) is 8.07. The highest BCUT2D eigenvalue weighted by atomic mass is 16.3. The van der Waals surface area contributed by atoms with Crippen LogP contribution in [0.4, 0.5) is 5.82 Å². The summed E-state index contributed by atoms with van der Waals surface area (Å²) in [6.45, 7) is 1.44. The minimum Gasteiger partial charge on any atom is -0.508 e. The van der Waals surface area contributed by atoms with E-state index in [2.05, 4.69) is 24.4 Å². The molecular weight excluding hydrogens is 342 g/mol. The number of imidazole rings is 1. The molecule has 3 heterocycles. The summed E-state index contributed by atoms with van der Waals surface area (Å²) in [6, 6.07) is 5.59. The smallest absolute Gasteiger partial charge is 0.165 e. The first kappa shape index (κ1) is 15.4. The molecule has 7 nitrogen and oxygen atoms in total. The van der Waals surface area contributed by atoms with Gasteiger partial charge in [-0.25, -0.2) is 15.0 Å². The van der Waals surface area contributed by atoms with Crippen molar-refractivity contribution in [1.82, 2.24) is 19.5 Å². The van der Waals surface area contributed by atoms with E-state index >= 15 is 0 Å². The lowest BCUT2D eigenvalue weighted by Crippen LogP contribution is -2.49. The van der Waals surface area contributed by atoms with E-state index < -0.39 is 0 Å². The molecule has 2 aliphatic carbocycles. The maximum atomic E-state index is 10.6. The van der Waals surface area contributed by atoms with Crippen LogP contribution >= 0.6 is 0 Å². The molecule has 6 rings (SSSR count). The number of aromatic hydroxyl groups is 1. The van der Waals surface area contributed by atoms with Crippen LogP contribution in [-0.4, -0.2) is 35.8 Å². The molecule has 0 saturated heterocycles. The largest absolute Gasteiger partial charge is 0.508 e. The Hall–Kier alpha value is -2.67. The van der Waals surface area contributed by atoms with Gasteiger partial charge < -0.3 is 19.7 Å². The highest BCUT2D eigenvalue weighted by Crippen LogP contribution is 2.54. The van der Waals surface area contributed by atoms with Crippen molar-refractivity contribution in [3.8, 4) is 5.75 Å². The summed E-state index contributed by atoms with van der Waals surface area (Å²) in [6.07, 6.45) is 6.62. The number of benzene rings is 1. The molecule has 3 aromatic rings. The predicted octanol–water partition coefficient (Wildman–Crippen LogP) is 2.38. The highest BCUT2D eigenvalue weighted by molar-refractivity contribution is 5.83. The van der Waals surface area contributed by atoms with Gasteiger partial charge in [0.2, 0.25) is 0 Å². The van der Waals surface area contributed by atoms with E-state index in [1.807, 2.05) is 18.5 Å². The van der Waals surface area contributed by atoms with Crippen molar-refractivity contribution in [3.63, 3.8) is 0 Å². The van der Waals surface area contributed by atoms with Gasteiger partial charge in [-0.1, -0.05) is 12.5 Å². The van der Waals surface area contributed by atoms with Crippen LogP contribution in [0.25, 0.3) is 11.2 Å². The van der Waals surface area contributed by atoms with Gasteiger partial charge in [-0.15, -0.1) is 0 Å². The van der Waals surface area contributed by atoms with Gasteiger partial charge >= 0.3 is 0 Å². The number of anilines is 1. The average Bonchev–Trinajstić information content (AvgIpc) is 3.38. The van der Waals surface area contributed by atoms with Crippen molar-refractivity contribution in [2.24, 2.45) is 11.8 Å². The molecule has 1 aliphatic heterocycles. The van der Waals surface area contributed by atoms with Crippen LogP contribution in [0.3, 0.4) is 0 Å². The van der Waals surface area contributed by atoms with E-state index in [1.165, 1.54) is 18.4 Å². The lowest BCUT2D eigenvalue weighted by molar-refractivity contribution is -0.0735. The number of hydrogen-bond donors (Lipinski definition) is 2. The zero-order valence-electron chi connectivity index (χ0n) is 14.9. The Morgan fingerprint density at radius 1 is 1.00 bits per heavy atom. The number of aromatic nitrogens is 4. The maximum absolute atomic E-state index is 10.6. The zero-order chi connectivity index (χ0) is 18.1. The van der Waals surface area contributed by atoms with Gasteiger partial charge in [0.05, 0.1) is 18.5 Å². The molecule has 3 aliphatic rings. The first-order valence-corrected chi connectivity index (χ1v) is 9.62. The minimum atomic E-state index is -0.299. The fourth-order valence-corrected chi connectivity index (χ4v) is 5.42. The van der Waals surface area contributed by atoms with E-state index in [0.29, 0.717) is 18.4 Å². The molecule has 4 atom stereocenters. The second kappa shape index (κ2) is 5.42. The monoisotopic (exact) mass is 363 g/mol. The van der Waals surface area contributed by atoms with Crippen molar-refractivity contribution >= 4 is 17.0 Å². The number of aliphatic hydroxyl groups is 1. The molecule has 7 heteroatoms. The summed E-state index contributed by atoms with van der Waals surface area (Å²) >= 11 is 0. The van der Waals surface area contributed by atoms with Crippen LogP contribution in [0.2, 0.25) is 0 Å². The van der Waals surface area contributed by atoms with E-state index in [-0.39, 0.29) is 17.9 Å². The van der Waals surface area contributed by atoms with Crippen LogP contribution < -0.4 is 4.90 Å². The number of nitrogens with zero attached hydrogens (tertiary/aromatic N) is 5. The molecule has 0 radical (unpaired) electrons. The van der Waals surface area contributed by atoms with Crippen LogP contribution in [0.15, 0.2) is 30.9 Å². The Morgan fingerprint density at radius 2 is 1.85 bits per heavy atom. The third kappa shape index (κ3) is 2.09. The summed E-state index contributed by atoms with van der Waals surface area (Å²) < 4.78 is 2.06. The Morgan fingerprint density at radius 3 is 2.78 bits per heavy atom. The van der Waals surface area contributed by atoms with Crippen LogP contribution in [0, 0.1) is 11.8 Å². The Labute approximate surface area is 156 Å². The topological polar surface area (TPSA) is 87.3 Å². The lowest BCUT2D eigenvalue weighted by atomic mass is 9.68. The molecule has 0 amide bonds. The van der Waals surface area contributed by atoms with E-state index in [1.54, 1.807) is 12.4 Å². The van der Waals surface area contributed by atoms with E-state index in [0.717, 1.165) is 35.5 Å². The van der Waals surface area contributed by atoms with E-state index in [9.17, 15) is 10.2 Å². The molecule has 2 aromatic heterocycles. The molecular formula is C20H21N5O2. The summed E-state index contributed by atoms with van der Waals surface area (Å²) in [5, 5.41) is 20.3. The molecule has 138 valence electrons. The first-order valence-electron chi connectivity index (χ1n) is 9.62. The number of rotatable bonds is 2. The second-order valence-corrected chi connectivity index (χ2v) is 8.07. The molecule has 2 N–H and O–H groups in total. The van der Waals surface area contributed by atoms with Gasteiger partial charge in [0, 0.05) is 13.1 Å². The van der Waals surface area contributed by atoms with Gasteiger partial charge in [-0.2, -0.15) is 0 Å². The molecule has 27 heavy (non-hydrogen) atoms. The quantitative estimate of drug-likeness (QED) is 0.727. The molecule has 0 spiro atoms. The van der Waals surface area contributed by atoms with Crippen molar-refractivity contribution in [3.05, 3.63) is 42.0 Å². The molecule has 0 bridgehead atoms. The maximum Gasteiger partial charge on any atom is 0.165 e. The fraction of sp³-hybridized carbons (Fsp3) is 0.450. The van der Waals surface area contributed by atoms with Crippen molar-refractivity contribution in [2.45, 2.75) is 44.5 Å². The van der Waals surface area contributed by atoms with Gasteiger partial charge in [0.1, 0.15) is 12.1 Å². The van der Waals surface area contributed by atoms with Crippen molar-refractivity contribution < 1.29 is 10.2 Å². The summed E-state index contributed by atoms with van der Waals surface area (Å²) in [5.74, 6) is 2.08. The zero-order valence-corrected chi connectivity index (χ0v) is 14.9. The summed E-state index contributed by atoms with van der Waals surface area (Å²) in [7, 11) is 0. The third-order valence-corrected chi connectivity index (χ3v) is 6.72. The predicted molar refractivity (Wildman–Crippen MR) is 99.2 cm³/mol. The van der Waals surface area contributed by atoms with Gasteiger partial charge in [-0.3, -0.25) is 0 Å². The molecule has 2 fully saturated rings. The van der Waals surface area contributed by atoms with Gasteiger partial charge in [-0.05, 0) is 47.9 Å². The Bertz CT molecular complexity index is 1050. The average molecular weight is 363 g/mol. The number of phenolic OH excluding ortho intramolecular Hbond substituents is 1. The van der Waals surface area contributed by atoms with Gasteiger partial charge in [0.15, 0.2) is 17.0 Å². The molecule has 2 saturated carbocycles. The normalized spacial score (nSPS) is 29.0. The Kier molecular flexibility index (Phi) is 3.09. The third-order valence-electron chi connectivity index (χ3n) is 6.72. The summed E-state index contributed by atoms with van der Waals surface area (Å²) in [4.78, 5) is 15.8. The molecule has 0 unspecified atom stereocenters. The fourth-order valence-electron chi connectivity index (χ4n) is 5.42. The van der Waals surface area contributed by atoms with Crippen molar-refractivity contribution in [1.29, 1.82) is 0 Å². The number of fused-ring (bicyclic) bond motifs is 3. The lowest BCUT2D eigenvalue weighted by Gasteiger charge is -2.46. The number of hydrogen-bond acceptors (Lipinski definition) is 6. The van der Waals surface area contributed by atoms with Crippen LogP contribution in [0.1, 0.15) is 36.4 Å². The molecule has 1 aromatic carbocycles. The number of aliphatic hydroxyl groups excluding tert-OH is 1. The minimum absolute atomic E-state index is 0.0815. The Balaban J connectivity index is 1.38. The first-order chi connectivity index (χ1) is 13.2. The van der Waals surface area contributed by atoms with Crippen molar-refractivity contribution in [2.75, 3.05) is 4.90 Å². The highest BCUT2D eigenvalue weighted by Gasteiger charge is 2.53.